The van der Waals surface area contributed by atoms with Crippen molar-refractivity contribution >= 4 is 5.91 Å². The smallest absolute Gasteiger partial charge is 0.226 e. The van der Waals surface area contributed by atoms with Gasteiger partial charge in [-0.1, -0.05) is 31.0 Å². The van der Waals surface area contributed by atoms with Crippen molar-refractivity contribution in [2.45, 2.75) is 43.6 Å². The van der Waals surface area contributed by atoms with Crippen LogP contribution >= 0.6 is 0 Å². The summed E-state index contributed by atoms with van der Waals surface area (Å²) in [5.41, 5.74) is 0.454. The summed E-state index contributed by atoms with van der Waals surface area (Å²) in [6, 6.07) is 7.92. The van der Waals surface area contributed by atoms with Crippen LogP contribution in [0.3, 0.4) is 0 Å². The Kier molecular flexibility index (Phi) is 4.13. The lowest BCUT2D eigenvalue weighted by Crippen LogP contribution is -2.42. The maximum Gasteiger partial charge on any atom is 0.226 e. The van der Waals surface area contributed by atoms with Crippen LogP contribution in [0.5, 0.6) is 5.75 Å². The lowest BCUT2D eigenvalue weighted by molar-refractivity contribution is -0.134. The molecule has 4 nitrogen and oxygen atoms in total. The third-order valence-electron chi connectivity index (χ3n) is 5.09. The second-order valence-corrected chi connectivity index (χ2v) is 6.82. The van der Waals surface area contributed by atoms with Crippen LogP contribution in [-0.4, -0.2) is 42.2 Å². The van der Waals surface area contributed by atoms with E-state index in [0.717, 1.165) is 43.4 Å². The number of hydrogen-bond acceptors (Lipinski definition) is 3. The van der Waals surface area contributed by atoms with Crippen LogP contribution in [0, 0.1) is 5.92 Å². The van der Waals surface area contributed by atoms with Gasteiger partial charge in [0.15, 0.2) is 0 Å². The minimum Gasteiger partial charge on any atom is -0.496 e. The van der Waals surface area contributed by atoms with Gasteiger partial charge < -0.3 is 14.7 Å². The minimum atomic E-state index is -0.667. The fraction of sp³-hybridized carbons (Fsp3) is 0.611. The normalized spacial score (nSPS) is 25.8. The molecule has 22 heavy (non-hydrogen) atoms. The fourth-order valence-corrected chi connectivity index (χ4v) is 3.78. The molecule has 0 aliphatic heterocycles. The first-order chi connectivity index (χ1) is 10.5. The Morgan fingerprint density at radius 1 is 1.36 bits per heavy atom. The quantitative estimate of drug-likeness (QED) is 0.909. The van der Waals surface area contributed by atoms with E-state index in [0.29, 0.717) is 6.54 Å². The number of carbonyl (C=O) groups excluding carboxylic acids is 1. The zero-order valence-electron chi connectivity index (χ0n) is 13.4. The summed E-state index contributed by atoms with van der Waals surface area (Å²) in [4.78, 5) is 14.3. The second kappa shape index (κ2) is 5.92. The van der Waals surface area contributed by atoms with Gasteiger partial charge in [-0.15, -0.1) is 0 Å². The zero-order chi connectivity index (χ0) is 15.7. The summed E-state index contributed by atoms with van der Waals surface area (Å²) in [6.45, 7) is 0.459. The molecule has 1 N–H and O–H groups in total. The number of methoxy groups -OCH3 is 1. The second-order valence-electron chi connectivity index (χ2n) is 6.82. The standard InChI is InChI=1S/C18H25NO3/c1-19(12-18(21)9-5-6-10-18)17(20)15-11-14(15)13-7-3-4-8-16(13)22-2/h3-4,7-8,14-15,21H,5-6,9-12H2,1-2H3. The molecule has 0 spiro atoms. The van der Waals surface area contributed by atoms with E-state index in [-0.39, 0.29) is 17.7 Å². The monoisotopic (exact) mass is 303 g/mol. The molecule has 0 saturated heterocycles. The summed E-state index contributed by atoms with van der Waals surface area (Å²) in [5, 5.41) is 10.5. The SMILES string of the molecule is COc1ccccc1C1CC1C(=O)N(C)CC1(O)CCCC1. The third-order valence-corrected chi connectivity index (χ3v) is 5.09. The van der Waals surface area contributed by atoms with Crippen LogP contribution in [-0.2, 0) is 4.79 Å². The summed E-state index contributed by atoms with van der Waals surface area (Å²) < 4.78 is 5.39. The molecule has 2 atom stereocenters. The highest BCUT2D eigenvalue weighted by molar-refractivity contribution is 5.83. The van der Waals surface area contributed by atoms with Gasteiger partial charge in [0.25, 0.3) is 0 Å². The lowest BCUT2D eigenvalue weighted by Gasteiger charge is -2.28. The molecule has 2 aliphatic rings. The first-order valence-electron chi connectivity index (χ1n) is 8.14. The number of ether oxygens (including phenoxy) is 1. The van der Waals surface area contributed by atoms with Crippen LogP contribution in [0.4, 0.5) is 0 Å². The van der Waals surface area contributed by atoms with Crippen molar-refractivity contribution in [3.8, 4) is 5.75 Å². The Morgan fingerprint density at radius 2 is 2.05 bits per heavy atom. The van der Waals surface area contributed by atoms with Gasteiger partial charge >= 0.3 is 0 Å². The highest BCUT2D eigenvalue weighted by Crippen LogP contribution is 2.51. The predicted octanol–water partition coefficient (Wildman–Crippen LogP) is 2.56. The molecule has 0 radical (unpaired) electrons. The number of aliphatic hydroxyl groups is 1. The summed E-state index contributed by atoms with van der Waals surface area (Å²) >= 11 is 0. The number of hydrogen-bond donors (Lipinski definition) is 1. The van der Waals surface area contributed by atoms with Crippen molar-refractivity contribution in [3.05, 3.63) is 29.8 Å². The molecule has 0 bridgehead atoms. The Hall–Kier alpha value is -1.55. The lowest BCUT2D eigenvalue weighted by atomic mass is 10.0. The van der Waals surface area contributed by atoms with Crippen molar-refractivity contribution in [1.82, 2.24) is 4.90 Å². The third kappa shape index (κ3) is 2.98. The molecule has 2 aliphatic carbocycles. The molecule has 1 amide bonds. The number of rotatable bonds is 5. The molecule has 2 unspecified atom stereocenters. The van der Waals surface area contributed by atoms with Gasteiger partial charge in [-0.25, -0.2) is 0 Å². The van der Waals surface area contributed by atoms with E-state index in [1.165, 1.54) is 0 Å². The molecule has 1 aromatic rings. The van der Waals surface area contributed by atoms with Gasteiger partial charge in [0, 0.05) is 19.5 Å². The first kappa shape index (κ1) is 15.3. The highest BCUT2D eigenvalue weighted by atomic mass is 16.5. The van der Waals surface area contributed by atoms with E-state index in [1.54, 1.807) is 12.0 Å². The van der Waals surface area contributed by atoms with Crippen LogP contribution in [0.2, 0.25) is 0 Å². The van der Waals surface area contributed by atoms with E-state index in [4.69, 9.17) is 4.74 Å². The molecular formula is C18H25NO3. The molecule has 0 heterocycles. The predicted molar refractivity (Wildman–Crippen MR) is 84.9 cm³/mol. The van der Waals surface area contributed by atoms with E-state index >= 15 is 0 Å². The van der Waals surface area contributed by atoms with Crippen LogP contribution in [0.15, 0.2) is 24.3 Å². The molecule has 4 heteroatoms. The average Bonchev–Trinajstić information content (AvgIpc) is 3.21. The number of benzene rings is 1. The first-order valence-corrected chi connectivity index (χ1v) is 8.14. The maximum atomic E-state index is 12.6. The Balaban J connectivity index is 1.62. The molecule has 2 saturated carbocycles. The molecule has 120 valence electrons. The maximum absolute atomic E-state index is 12.6. The topological polar surface area (TPSA) is 49.8 Å². The largest absolute Gasteiger partial charge is 0.496 e. The van der Waals surface area contributed by atoms with Crippen molar-refractivity contribution < 1.29 is 14.6 Å². The number of para-hydroxylation sites is 1. The fourth-order valence-electron chi connectivity index (χ4n) is 3.78. The van der Waals surface area contributed by atoms with Crippen LogP contribution < -0.4 is 4.74 Å². The summed E-state index contributed by atoms with van der Waals surface area (Å²) in [7, 11) is 3.48. The summed E-state index contributed by atoms with van der Waals surface area (Å²) in [6.07, 6.45) is 4.62. The number of likely N-dealkylation sites (N-methyl/N-ethyl adjacent to an activating group) is 1. The highest BCUT2D eigenvalue weighted by Gasteiger charge is 2.47. The number of amides is 1. The molecular weight excluding hydrogens is 278 g/mol. The minimum absolute atomic E-state index is 0.0336. The van der Waals surface area contributed by atoms with Crippen molar-refractivity contribution in [2.75, 3.05) is 20.7 Å². The Labute approximate surface area is 132 Å². The molecule has 3 rings (SSSR count). The Bertz CT molecular complexity index is 551. The van der Waals surface area contributed by atoms with E-state index in [1.807, 2.05) is 31.3 Å². The van der Waals surface area contributed by atoms with Gasteiger partial charge in [-0.2, -0.15) is 0 Å². The van der Waals surface area contributed by atoms with E-state index in [9.17, 15) is 9.90 Å². The van der Waals surface area contributed by atoms with Gasteiger partial charge in [0.1, 0.15) is 5.75 Å². The van der Waals surface area contributed by atoms with Gasteiger partial charge in [-0.3, -0.25) is 4.79 Å². The van der Waals surface area contributed by atoms with Crippen molar-refractivity contribution in [2.24, 2.45) is 5.92 Å². The number of carbonyl (C=O) groups is 1. The van der Waals surface area contributed by atoms with Gasteiger partial charge in [-0.05, 0) is 36.8 Å². The van der Waals surface area contributed by atoms with E-state index in [2.05, 4.69) is 0 Å². The van der Waals surface area contributed by atoms with Crippen LogP contribution in [0.25, 0.3) is 0 Å². The molecule has 2 fully saturated rings. The molecule has 0 aromatic heterocycles. The van der Waals surface area contributed by atoms with Crippen molar-refractivity contribution in [3.63, 3.8) is 0 Å². The van der Waals surface area contributed by atoms with Gasteiger partial charge in [0.2, 0.25) is 5.91 Å². The van der Waals surface area contributed by atoms with Crippen LogP contribution in [0.1, 0.15) is 43.6 Å². The average molecular weight is 303 g/mol. The van der Waals surface area contributed by atoms with Crippen molar-refractivity contribution in [1.29, 1.82) is 0 Å². The van der Waals surface area contributed by atoms with Gasteiger partial charge in [0.05, 0.1) is 12.7 Å². The molecule has 1 aromatic carbocycles. The Morgan fingerprint density at radius 3 is 2.73 bits per heavy atom. The van der Waals surface area contributed by atoms with E-state index < -0.39 is 5.60 Å². The zero-order valence-corrected chi connectivity index (χ0v) is 13.4. The number of nitrogens with zero attached hydrogens (tertiary/aromatic N) is 1. The summed E-state index contributed by atoms with van der Waals surface area (Å²) in [5.74, 6) is 1.30.